The number of rotatable bonds is 5. The Bertz CT molecular complexity index is 824. The third-order valence-corrected chi connectivity index (χ3v) is 5.33. The van der Waals surface area contributed by atoms with Gasteiger partial charge in [0, 0.05) is 6.04 Å². The van der Waals surface area contributed by atoms with Gasteiger partial charge in [-0.2, -0.15) is 18.4 Å². The Morgan fingerprint density at radius 2 is 2.24 bits per heavy atom. The predicted octanol–water partition coefficient (Wildman–Crippen LogP) is 4.07. The van der Waals surface area contributed by atoms with E-state index in [4.69, 9.17) is 0 Å². The second kappa shape index (κ2) is 7.06. The van der Waals surface area contributed by atoms with Crippen molar-refractivity contribution in [3.63, 3.8) is 0 Å². The van der Waals surface area contributed by atoms with Crippen molar-refractivity contribution in [1.82, 2.24) is 10.3 Å². The molecule has 2 aromatic heterocycles. The highest BCUT2D eigenvalue weighted by molar-refractivity contribution is 8.00. The number of hydrogen-bond donors (Lipinski definition) is 1. The molecular weight excluding hydrogens is 371 g/mol. The fraction of sp³-hybridized carbons (Fsp3) is 0.312. The third kappa shape index (κ3) is 4.32. The highest BCUT2D eigenvalue weighted by Crippen LogP contribution is 2.38. The summed E-state index contributed by atoms with van der Waals surface area (Å²) in [6.07, 6.45) is -2.83. The van der Waals surface area contributed by atoms with Crippen molar-refractivity contribution in [2.24, 2.45) is 0 Å². The van der Waals surface area contributed by atoms with Gasteiger partial charge in [0.2, 0.25) is 5.91 Å². The molecule has 0 spiro atoms. The van der Waals surface area contributed by atoms with Crippen LogP contribution in [0.15, 0.2) is 28.6 Å². The number of amides is 1. The maximum Gasteiger partial charge on any atom is 0.417 e. The standard InChI is InChI=1S/C16H12F3N3OS2/c17-16(18,19)11-6-12(13-2-1-5-24-13)22-15(10(11)7-20)25-8-14(23)21-9-3-4-9/h1-2,5-6,9H,3-4,8H2,(H,21,23). The van der Waals surface area contributed by atoms with Crippen LogP contribution in [0.4, 0.5) is 13.2 Å². The lowest BCUT2D eigenvalue weighted by Crippen LogP contribution is -2.27. The summed E-state index contributed by atoms with van der Waals surface area (Å²) in [7, 11) is 0. The van der Waals surface area contributed by atoms with Gasteiger partial charge in [-0.3, -0.25) is 4.79 Å². The lowest BCUT2D eigenvalue weighted by atomic mass is 10.1. The lowest BCUT2D eigenvalue weighted by molar-refractivity contribution is -0.138. The van der Waals surface area contributed by atoms with Crippen molar-refractivity contribution in [3.8, 4) is 16.6 Å². The average Bonchev–Trinajstić information content (AvgIpc) is 3.20. The number of pyridine rings is 1. The molecule has 1 saturated carbocycles. The van der Waals surface area contributed by atoms with Gasteiger partial charge in [-0.15, -0.1) is 11.3 Å². The Morgan fingerprint density at radius 1 is 1.48 bits per heavy atom. The number of nitrogens with one attached hydrogen (secondary N) is 1. The molecule has 1 amide bonds. The quantitative estimate of drug-likeness (QED) is 0.791. The Morgan fingerprint density at radius 3 is 2.80 bits per heavy atom. The Labute approximate surface area is 150 Å². The molecular formula is C16H12F3N3OS2. The molecule has 3 rings (SSSR count). The number of thioether (sulfide) groups is 1. The van der Waals surface area contributed by atoms with E-state index in [0.29, 0.717) is 4.88 Å². The van der Waals surface area contributed by atoms with Gasteiger partial charge in [-0.1, -0.05) is 17.8 Å². The number of halogens is 3. The second-order valence-corrected chi connectivity index (χ2v) is 7.36. The van der Waals surface area contributed by atoms with Crippen LogP contribution in [0.25, 0.3) is 10.6 Å². The minimum atomic E-state index is -4.68. The smallest absolute Gasteiger partial charge is 0.353 e. The van der Waals surface area contributed by atoms with Crippen molar-refractivity contribution >= 4 is 29.0 Å². The molecule has 2 heterocycles. The number of nitriles is 1. The van der Waals surface area contributed by atoms with E-state index in [1.807, 2.05) is 0 Å². The van der Waals surface area contributed by atoms with Gasteiger partial charge in [0.05, 0.1) is 27.5 Å². The Balaban J connectivity index is 1.94. The molecule has 0 aromatic carbocycles. The molecule has 2 aromatic rings. The number of thiophene rings is 1. The maximum absolute atomic E-state index is 13.4. The molecule has 0 atom stereocenters. The normalized spacial score (nSPS) is 14.2. The lowest BCUT2D eigenvalue weighted by Gasteiger charge is -2.13. The van der Waals surface area contributed by atoms with E-state index in [2.05, 4.69) is 10.3 Å². The van der Waals surface area contributed by atoms with Gasteiger partial charge < -0.3 is 5.32 Å². The highest BCUT2D eigenvalue weighted by Gasteiger charge is 2.36. The molecule has 130 valence electrons. The summed E-state index contributed by atoms with van der Waals surface area (Å²) >= 11 is 2.11. The highest BCUT2D eigenvalue weighted by atomic mass is 32.2. The van der Waals surface area contributed by atoms with Crippen molar-refractivity contribution in [2.45, 2.75) is 30.1 Å². The molecule has 1 aliphatic rings. The van der Waals surface area contributed by atoms with Crippen LogP contribution in [0.2, 0.25) is 0 Å². The zero-order valence-corrected chi connectivity index (χ0v) is 14.4. The first kappa shape index (κ1) is 17.8. The Hall–Kier alpha value is -2.05. The third-order valence-electron chi connectivity index (χ3n) is 3.46. The van der Waals surface area contributed by atoms with Crippen LogP contribution >= 0.6 is 23.1 Å². The number of alkyl halides is 3. The van der Waals surface area contributed by atoms with E-state index in [-0.39, 0.29) is 28.4 Å². The van der Waals surface area contributed by atoms with Crippen molar-refractivity contribution in [3.05, 3.63) is 34.7 Å². The van der Waals surface area contributed by atoms with Crippen LogP contribution in [0, 0.1) is 11.3 Å². The minimum absolute atomic E-state index is 0.0772. The summed E-state index contributed by atoms with van der Waals surface area (Å²) in [6, 6.07) is 6.01. The number of carbonyl (C=O) groups is 1. The van der Waals surface area contributed by atoms with Gasteiger partial charge in [0.25, 0.3) is 0 Å². The predicted molar refractivity (Wildman–Crippen MR) is 89.2 cm³/mol. The topological polar surface area (TPSA) is 65.8 Å². The molecule has 0 unspecified atom stereocenters. The van der Waals surface area contributed by atoms with Gasteiger partial charge in [-0.25, -0.2) is 4.98 Å². The first-order chi connectivity index (χ1) is 11.9. The van der Waals surface area contributed by atoms with Gasteiger partial charge in [0.1, 0.15) is 11.1 Å². The van der Waals surface area contributed by atoms with E-state index in [1.54, 1.807) is 23.6 Å². The van der Waals surface area contributed by atoms with Crippen LogP contribution in [-0.2, 0) is 11.0 Å². The molecule has 9 heteroatoms. The van der Waals surface area contributed by atoms with Crippen LogP contribution in [0.1, 0.15) is 24.0 Å². The number of aromatic nitrogens is 1. The summed E-state index contributed by atoms with van der Waals surface area (Å²) in [5.41, 5.74) is -1.43. The summed E-state index contributed by atoms with van der Waals surface area (Å²) in [4.78, 5) is 16.6. The first-order valence-electron chi connectivity index (χ1n) is 7.37. The largest absolute Gasteiger partial charge is 0.417 e. The summed E-state index contributed by atoms with van der Waals surface area (Å²) in [5, 5.41) is 13.6. The zero-order chi connectivity index (χ0) is 18.0. The van der Waals surface area contributed by atoms with E-state index >= 15 is 0 Å². The maximum atomic E-state index is 13.4. The molecule has 25 heavy (non-hydrogen) atoms. The zero-order valence-electron chi connectivity index (χ0n) is 12.8. The van der Waals surface area contributed by atoms with Crippen LogP contribution in [0.5, 0.6) is 0 Å². The summed E-state index contributed by atoms with van der Waals surface area (Å²) in [6.45, 7) is 0. The van der Waals surface area contributed by atoms with Crippen LogP contribution in [0.3, 0.4) is 0 Å². The number of hydrogen-bond acceptors (Lipinski definition) is 5. The minimum Gasteiger partial charge on any atom is -0.353 e. The number of nitrogens with zero attached hydrogens (tertiary/aromatic N) is 2. The average molecular weight is 383 g/mol. The fourth-order valence-electron chi connectivity index (χ4n) is 2.14. The van der Waals surface area contributed by atoms with Crippen molar-refractivity contribution in [2.75, 3.05) is 5.75 Å². The first-order valence-corrected chi connectivity index (χ1v) is 9.23. The monoisotopic (exact) mass is 383 g/mol. The molecule has 0 bridgehead atoms. The van der Waals surface area contributed by atoms with Crippen molar-refractivity contribution < 1.29 is 18.0 Å². The van der Waals surface area contributed by atoms with E-state index in [9.17, 15) is 23.2 Å². The van der Waals surface area contributed by atoms with Crippen LogP contribution < -0.4 is 5.32 Å². The summed E-state index contributed by atoms with van der Waals surface area (Å²) < 4.78 is 40.1. The van der Waals surface area contributed by atoms with Crippen LogP contribution in [-0.4, -0.2) is 22.7 Å². The molecule has 0 saturated heterocycles. The fourth-order valence-corrected chi connectivity index (χ4v) is 3.64. The molecule has 1 aliphatic carbocycles. The summed E-state index contributed by atoms with van der Waals surface area (Å²) in [5.74, 6) is -0.350. The molecule has 1 fully saturated rings. The SMILES string of the molecule is N#Cc1c(C(F)(F)F)cc(-c2cccs2)nc1SCC(=O)NC1CC1. The van der Waals surface area contributed by atoms with E-state index < -0.39 is 17.3 Å². The van der Waals surface area contributed by atoms with E-state index in [1.165, 1.54) is 11.3 Å². The second-order valence-electron chi connectivity index (χ2n) is 5.45. The number of carbonyl (C=O) groups excluding carboxylic acids is 1. The van der Waals surface area contributed by atoms with Gasteiger partial charge in [-0.05, 0) is 30.4 Å². The van der Waals surface area contributed by atoms with Gasteiger partial charge >= 0.3 is 6.18 Å². The molecule has 0 radical (unpaired) electrons. The molecule has 4 nitrogen and oxygen atoms in total. The molecule has 1 N–H and O–H groups in total. The van der Waals surface area contributed by atoms with Gasteiger partial charge in [0.15, 0.2) is 0 Å². The van der Waals surface area contributed by atoms with Crippen molar-refractivity contribution in [1.29, 1.82) is 5.26 Å². The van der Waals surface area contributed by atoms with E-state index in [0.717, 1.165) is 30.7 Å². The Kier molecular flexibility index (Phi) is 5.01. The molecule has 0 aliphatic heterocycles.